The number of halogens is 1. The molecular formula is C9H13ClN2. The Morgan fingerprint density at radius 1 is 1.42 bits per heavy atom. The van der Waals surface area contributed by atoms with Crippen LogP contribution in [0.4, 0.5) is 5.69 Å². The standard InChI is InChI=1S/C9H13ClN2/c1-2-8-6(5-11)3-7(12)4-9(8)10/h3-4H,2,5,11-12H2,1H3. The molecule has 0 fully saturated rings. The van der Waals surface area contributed by atoms with Crippen LogP contribution in [0.1, 0.15) is 18.1 Å². The topological polar surface area (TPSA) is 52.0 Å². The van der Waals surface area contributed by atoms with Crippen molar-refractivity contribution in [1.82, 2.24) is 0 Å². The minimum absolute atomic E-state index is 0.494. The lowest BCUT2D eigenvalue weighted by Crippen LogP contribution is -2.03. The Morgan fingerprint density at radius 3 is 2.58 bits per heavy atom. The lowest BCUT2D eigenvalue weighted by atomic mass is 10.0. The average Bonchev–Trinajstić information content (AvgIpc) is 2.03. The fourth-order valence-electron chi connectivity index (χ4n) is 1.29. The SMILES string of the molecule is CCc1c(Cl)cc(N)cc1CN. The number of hydrogen-bond acceptors (Lipinski definition) is 2. The van der Waals surface area contributed by atoms with Crippen molar-refractivity contribution in [2.24, 2.45) is 5.73 Å². The van der Waals surface area contributed by atoms with Gasteiger partial charge < -0.3 is 11.5 Å². The average molecular weight is 185 g/mol. The van der Waals surface area contributed by atoms with Gasteiger partial charge in [0.25, 0.3) is 0 Å². The van der Waals surface area contributed by atoms with Gasteiger partial charge in [0.05, 0.1) is 0 Å². The lowest BCUT2D eigenvalue weighted by Gasteiger charge is -2.08. The summed E-state index contributed by atoms with van der Waals surface area (Å²) in [7, 11) is 0. The van der Waals surface area contributed by atoms with Crippen molar-refractivity contribution in [3.63, 3.8) is 0 Å². The van der Waals surface area contributed by atoms with Crippen LogP contribution in [0.3, 0.4) is 0 Å². The van der Waals surface area contributed by atoms with Crippen LogP contribution in [0.15, 0.2) is 12.1 Å². The van der Waals surface area contributed by atoms with Crippen LogP contribution in [0.25, 0.3) is 0 Å². The highest BCUT2D eigenvalue weighted by Crippen LogP contribution is 2.23. The first-order valence-electron chi connectivity index (χ1n) is 3.95. The van der Waals surface area contributed by atoms with Crippen LogP contribution in [0.2, 0.25) is 5.02 Å². The van der Waals surface area contributed by atoms with Crippen LogP contribution in [-0.4, -0.2) is 0 Å². The molecule has 0 aromatic heterocycles. The van der Waals surface area contributed by atoms with Gasteiger partial charge in [-0.3, -0.25) is 0 Å². The molecule has 1 aromatic carbocycles. The molecule has 66 valence electrons. The summed E-state index contributed by atoms with van der Waals surface area (Å²) < 4.78 is 0. The summed E-state index contributed by atoms with van der Waals surface area (Å²) in [6.45, 7) is 2.55. The van der Waals surface area contributed by atoms with Gasteiger partial charge in [0.15, 0.2) is 0 Å². The number of hydrogen-bond donors (Lipinski definition) is 2. The van der Waals surface area contributed by atoms with E-state index in [-0.39, 0.29) is 0 Å². The summed E-state index contributed by atoms with van der Waals surface area (Å²) in [6.07, 6.45) is 0.894. The largest absolute Gasteiger partial charge is 0.399 e. The van der Waals surface area contributed by atoms with Gasteiger partial charge in [0, 0.05) is 17.3 Å². The van der Waals surface area contributed by atoms with E-state index in [1.165, 1.54) is 0 Å². The second-order valence-corrected chi connectivity index (χ2v) is 3.11. The van der Waals surface area contributed by atoms with Gasteiger partial charge in [-0.05, 0) is 29.7 Å². The van der Waals surface area contributed by atoms with E-state index in [9.17, 15) is 0 Å². The van der Waals surface area contributed by atoms with Crippen molar-refractivity contribution in [2.45, 2.75) is 19.9 Å². The quantitative estimate of drug-likeness (QED) is 0.691. The third-order valence-corrected chi connectivity index (χ3v) is 2.22. The van der Waals surface area contributed by atoms with Crippen molar-refractivity contribution < 1.29 is 0 Å². The smallest absolute Gasteiger partial charge is 0.0461 e. The highest BCUT2D eigenvalue weighted by atomic mass is 35.5. The Bertz CT molecular complexity index is 284. The zero-order valence-corrected chi connectivity index (χ0v) is 7.86. The fourth-order valence-corrected chi connectivity index (χ4v) is 1.68. The summed E-state index contributed by atoms with van der Waals surface area (Å²) in [5, 5.41) is 0.720. The van der Waals surface area contributed by atoms with Crippen LogP contribution < -0.4 is 11.5 Å². The fraction of sp³-hybridized carbons (Fsp3) is 0.333. The van der Waals surface area contributed by atoms with Gasteiger partial charge in [0.1, 0.15) is 0 Å². The van der Waals surface area contributed by atoms with Gasteiger partial charge in [0.2, 0.25) is 0 Å². The van der Waals surface area contributed by atoms with Crippen molar-refractivity contribution in [1.29, 1.82) is 0 Å². The lowest BCUT2D eigenvalue weighted by molar-refractivity contribution is 1.00. The molecule has 1 rings (SSSR count). The minimum atomic E-state index is 0.494. The zero-order chi connectivity index (χ0) is 9.14. The summed E-state index contributed by atoms with van der Waals surface area (Å²) in [6, 6.07) is 3.64. The molecule has 0 aliphatic carbocycles. The molecule has 4 N–H and O–H groups in total. The van der Waals surface area contributed by atoms with Crippen molar-refractivity contribution in [3.8, 4) is 0 Å². The highest BCUT2D eigenvalue weighted by Gasteiger charge is 2.04. The van der Waals surface area contributed by atoms with Gasteiger partial charge in [-0.2, -0.15) is 0 Å². The maximum absolute atomic E-state index is 5.98. The molecule has 2 nitrogen and oxygen atoms in total. The second-order valence-electron chi connectivity index (χ2n) is 2.70. The first-order valence-corrected chi connectivity index (χ1v) is 4.33. The molecule has 12 heavy (non-hydrogen) atoms. The first kappa shape index (κ1) is 9.36. The number of benzene rings is 1. The summed E-state index contributed by atoms with van der Waals surface area (Å²) in [5.41, 5.74) is 14.0. The molecule has 0 aliphatic heterocycles. The second kappa shape index (κ2) is 3.78. The Hall–Kier alpha value is -0.730. The molecule has 1 aromatic rings. The van der Waals surface area contributed by atoms with Crippen LogP contribution in [-0.2, 0) is 13.0 Å². The van der Waals surface area contributed by atoms with Gasteiger partial charge in [-0.15, -0.1) is 0 Å². The van der Waals surface area contributed by atoms with Gasteiger partial charge in [-0.1, -0.05) is 18.5 Å². The van der Waals surface area contributed by atoms with E-state index in [1.807, 2.05) is 6.07 Å². The highest BCUT2D eigenvalue weighted by molar-refractivity contribution is 6.31. The molecular weight excluding hydrogens is 172 g/mol. The van der Waals surface area contributed by atoms with E-state index < -0.39 is 0 Å². The van der Waals surface area contributed by atoms with Crippen LogP contribution in [0.5, 0.6) is 0 Å². The third kappa shape index (κ3) is 1.71. The Balaban J connectivity index is 3.24. The van der Waals surface area contributed by atoms with Crippen LogP contribution >= 0.6 is 11.6 Å². The van der Waals surface area contributed by atoms with Crippen molar-refractivity contribution >= 4 is 17.3 Å². The number of nitrogen functional groups attached to an aromatic ring is 1. The van der Waals surface area contributed by atoms with E-state index in [2.05, 4.69) is 6.92 Å². The Labute approximate surface area is 77.5 Å². The van der Waals surface area contributed by atoms with Gasteiger partial charge in [-0.25, -0.2) is 0 Å². The summed E-state index contributed by atoms with van der Waals surface area (Å²) in [4.78, 5) is 0. The number of nitrogens with two attached hydrogens (primary N) is 2. The molecule has 0 unspecified atom stereocenters. The summed E-state index contributed by atoms with van der Waals surface area (Å²) in [5.74, 6) is 0. The summed E-state index contributed by atoms with van der Waals surface area (Å²) >= 11 is 5.98. The molecule has 0 aliphatic rings. The van der Waals surface area contributed by atoms with Crippen molar-refractivity contribution in [3.05, 3.63) is 28.3 Å². The van der Waals surface area contributed by atoms with E-state index in [0.717, 1.165) is 22.6 Å². The number of anilines is 1. The van der Waals surface area contributed by atoms with E-state index >= 15 is 0 Å². The molecule has 0 amide bonds. The Morgan fingerprint density at radius 2 is 2.08 bits per heavy atom. The van der Waals surface area contributed by atoms with Crippen LogP contribution in [0, 0.1) is 0 Å². The molecule has 3 heteroatoms. The van der Waals surface area contributed by atoms with E-state index in [4.69, 9.17) is 23.1 Å². The Kier molecular flexibility index (Phi) is 2.95. The minimum Gasteiger partial charge on any atom is -0.399 e. The predicted octanol–water partition coefficient (Wildman–Crippen LogP) is 1.94. The molecule has 0 saturated heterocycles. The molecule has 0 heterocycles. The molecule has 0 atom stereocenters. The third-order valence-electron chi connectivity index (χ3n) is 1.88. The predicted molar refractivity (Wildman–Crippen MR) is 53.1 cm³/mol. The molecule has 0 spiro atoms. The van der Waals surface area contributed by atoms with Crippen molar-refractivity contribution in [2.75, 3.05) is 5.73 Å². The zero-order valence-electron chi connectivity index (χ0n) is 7.10. The maximum Gasteiger partial charge on any atom is 0.0461 e. The maximum atomic E-state index is 5.98. The molecule has 0 bridgehead atoms. The molecule has 0 saturated carbocycles. The van der Waals surface area contributed by atoms with E-state index in [1.54, 1.807) is 6.07 Å². The number of rotatable bonds is 2. The monoisotopic (exact) mass is 184 g/mol. The van der Waals surface area contributed by atoms with Gasteiger partial charge >= 0.3 is 0 Å². The first-order chi connectivity index (χ1) is 5.69. The van der Waals surface area contributed by atoms with E-state index in [0.29, 0.717) is 12.2 Å². The molecule has 0 radical (unpaired) electrons. The normalized spacial score (nSPS) is 10.2.